The highest BCUT2D eigenvalue weighted by molar-refractivity contribution is 6.30. The lowest BCUT2D eigenvalue weighted by molar-refractivity contribution is -0.135. The molecule has 4 atom stereocenters. The Morgan fingerprint density at radius 3 is 2.57 bits per heavy atom. The molecule has 248 valence electrons. The SMILES string of the molecule is CNC(=O)[C@H]1O[C@@H](n2cnc3c(NCc4cc(Cl)ccc4OCC(=O)N4CCC(C5CCCCCC5)CC4)ncnc32)[C@H](O)[C@@H]1N. The monoisotopic (exact) mass is 654 g/mol. The van der Waals surface area contributed by atoms with Crippen LogP contribution in [0.15, 0.2) is 30.9 Å². The molecule has 3 aliphatic rings. The van der Waals surface area contributed by atoms with Gasteiger partial charge in [0.05, 0.1) is 12.4 Å². The van der Waals surface area contributed by atoms with E-state index in [0.29, 0.717) is 27.8 Å². The van der Waals surface area contributed by atoms with Crippen LogP contribution in [0, 0.1) is 11.8 Å². The van der Waals surface area contributed by atoms with Crippen molar-refractivity contribution in [2.75, 3.05) is 32.1 Å². The number of aliphatic hydroxyl groups excluding tert-OH is 1. The van der Waals surface area contributed by atoms with Gasteiger partial charge in [-0.3, -0.25) is 14.2 Å². The first-order valence-corrected chi connectivity index (χ1v) is 16.6. The van der Waals surface area contributed by atoms with Crippen LogP contribution in [0.25, 0.3) is 11.2 Å². The summed E-state index contributed by atoms with van der Waals surface area (Å²) in [6.45, 7) is 1.81. The van der Waals surface area contributed by atoms with Gasteiger partial charge in [-0.25, -0.2) is 15.0 Å². The number of aliphatic hydroxyl groups is 1. The number of piperidine rings is 1. The average Bonchev–Trinajstić information content (AvgIpc) is 3.50. The van der Waals surface area contributed by atoms with Crippen LogP contribution in [-0.2, 0) is 20.9 Å². The number of nitrogens with zero attached hydrogens (tertiary/aromatic N) is 5. The number of imidazole rings is 1. The number of aromatic nitrogens is 4. The van der Waals surface area contributed by atoms with E-state index in [1.807, 2.05) is 4.90 Å². The molecule has 3 fully saturated rings. The van der Waals surface area contributed by atoms with E-state index in [1.54, 1.807) is 18.2 Å². The molecule has 2 aromatic heterocycles. The van der Waals surface area contributed by atoms with Gasteiger partial charge in [0.25, 0.3) is 11.8 Å². The number of likely N-dealkylation sites (N-methyl/N-ethyl adjacent to an activating group) is 1. The molecule has 2 saturated heterocycles. The van der Waals surface area contributed by atoms with E-state index < -0.39 is 30.4 Å². The number of ether oxygens (including phenoxy) is 2. The minimum Gasteiger partial charge on any atom is -0.483 e. The van der Waals surface area contributed by atoms with Crippen LogP contribution < -0.4 is 21.1 Å². The largest absolute Gasteiger partial charge is 0.483 e. The molecule has 1 aliphatic carbocycles. The fourth-order valence-electron chi connectivity index (χ4n) is 7.11. The van der Waals surface area contributed by atoms with Crippen molar-refractivity contribution in [3.05, 3.63) is 41.4 Å². The fraction of sp³-hybridized carbons (Fsp3) is 0.594. The molecule has 2 aliphatic heterocycles. The van der Waals surface area contributed by atoms with Gasteiger partial charge < -0.3 is 35.8 Å². The summed E-state index contributed by atoms with van der Waals surface area (Å²) in [6.07, 6.45) is 9.93. The molecule has 1 saturated carbocycles. The van der Waals surface area contributed by atoms with Gasteiger partial charge in [0.15, 0.2) is 35.9 Å². The third-order valence-electron chi connectivity index (χ3n) is 9.74. The number of carbonyl (C=O) groups excluding carboxylic acids is 2. The topological polar surface area (TPSA) is 170 Å². The van der Waals surface area contributed by atoms with E-state index in [2.05, 4.69) is 25.6 Å². The van der Waals surface area contributed by atoms with Crippen molar-refractivity contribution in [2.45, 2.75) is 82.4 Å². The molecule has 0 bridgehead atoms. The third-order valence-corrected chi connectivity index (χ3v) is 9.97. The van der Waals surface area contributed by atoms with E-state index in [4.69, 9.17) is 26.8 Å². The molecule has 14 heteroatoms. The quantitative estimate of drug-likeness (QED) is 0.252. The number of rotatable bonds is 9. The van der Waals surface area contributed by atoms with Crippen LogP contribution in [-0.4, -0.2) is 86.3 Å². The van der Waals surface area contributed by atoms with E-state index in [1.165, 1.54) is 62.8 Å². The third kappa shape index (κ3) is 6.92. The van der Waals surface area contributed by atoms with E-state index >= 15 is 0 Å². The second-order valence-corrected chi connectivity index (χ2v) is 13.0. The van der Waals surface area contributed by atoms with Crippen molar-refractivity contribution in [3.63, 3.8) is 0 Å². The Labute approximate surface area is 273 Å². The van der Waals surface area contributed by atoms with Crippen molar-refractivity contribution >= 4 is 40.4 Å². The number of fused-ring (bicyclic) bond motifs is 1. The number of halogens is 1. The maximum atomic E-state index is 13.1. The van der Waals surface area contributed by atoms with Gasteiger partial charge in [0.1, 0.15) is 18.2 Å². The Morgan fingerprint density at radius 2 is 1.83 bits per heavy atom. The fourth-order valence-corrected chi connectivity index (χ4v) is 7.30. The van der Waals surface area contributed by atoms with Crippen LogP contribution in [0.5, 0.6) is 5.75 Å². The van der Waals surface area contributed by atoms with E-state index in [0.717, 1.165) is 43.3 Å². The highest BCUT2D eigenvalue weighted by atomic mass is 35.5. The Kier molecular flexibility index (Phi) is 10.2. The van der Waals surface area contributed by atoms with Gasteiger partial charge >= 0.3 is 0 Å². The lowest BCUT2D eigenvalue weighted by Crippen LogP contribution is -2.46. The van der Waals surface area contributed by atoms with E-state index in [9.17, 15) is 14.7 Å². The first kappa shape index (κ1) is 32.4. The first-order valence-electron chi connectivity index (χ1n) is 16.2. The predicted molar refractivity (Wildman–Crippen MR) is 172 cm³/mol. The molecule has 2 amide bonds. The minimum absolute atomic E-state index is 0.00841. The number of nitrogens with one attached hydrogen (secondary N) is 2. The Balaban J connectivity index is 1.08. The molecule has 3 aromatic rings. The zero-order valence-electron chi connectivity index (χ0n) is 26.1. The highest BCUT2D eigenvalue weighted by Crippen LogP contribution is 2.35. The number of amides is 2. The van der Waals surface area contributed by atoms with Crippen LogP contribution in [0.4, 0.5) is 5.82 Å². The number of nitrogens with two attached hydrogens (primary N) is 1. The van der Waals surface area contributed by atoms with Gasteiger partial charge in [-0.1, -0.05) is 50.1 Å². The average molecular weight is 655 g/mol. The van der Waals surface area contributed by atoms with Crippen LogP contribution in [0.3, 0.4) is 0 Å². The van der Waals surface area contributed by atoms with Crippen molar-refractivity contribution in [3.8, 4) is 5.75 Å². The molecule has 0 unspecified atom stereocenters. The Morgan fingerprint density at radius 1 is 1.09 bits per heavy atom. The number of carbonyl (C=O) groups is 2. The lowest BCUT2D eigenvalue weighted by Gasteiger charge is -2.36. The summed E-state index contributed by atoms with van der Waals surface area (Å²) in [4.78, 5) is 40.4. The minimum atomic E-state index is -1.16. The van der Waals surface area contributed by atoms with Crippen molar-refractivity contribution < 1.29 is 24.2 Å². The van der Waals surface area contributed by atoms with Gasteiger partial charge in [-0.15, -0.1) is 0 Å². The van der Waals surface area contributed by atoms with Gasteiger partial charge in [-0.05, 0) is 42.9 Å². The molecule has 4 heterocycles. The standard InChI is InChI=1S/C32H43ClN8O5/c1-35-31(44)28-25(34)27(43)32(46-28)41-18-39-26-29(37-17-38-30(26)41)36-15-21-14-22(33)8-9-23(21)45-16-24(42)40-12-10-20(11-13-40)19-6-4-2-3-5-7-19/h8-9,14,17-20,25,27-28,32,43H,2-7,10-13,15-16,34H2,1H3,(H,35,44)(H,36,37,38)/t25-,27+,28-,32+/m0/s1. The van der Waals surface area contributed by atoms with E-state index in [-0.39, 0.29) is 19.1 Å². The summed E-state index contributed by atoms with van der Waals surface area (Å²) < 4.78 is 13.4. The van der Waals surface area contributed by atoms with Crippen LogP contribution >= 0.6 is 11.6 Å². The zero-order valence-corrected chi connectivity index (χ0v) is 26.9. The summed E-state index contributed by atoms with van der Waals surface area (Å²) in [6, 6.07) is 4.36. The maximum Gasteiger partial charge on any atom is 0.260 e. The summed E-state index contributed by atoms with van der Waals surface area (Å²) in [7, 11) is 1.48. The number of likely N-dealkylation sites (tertiary alicyclic amines) is 1. The molecule has 0 spiro atoms. The number of anilines is 1. The molecular weight excluding hydrogens is 612 g/mol. The normalized spacial score (nSPS) is 24.6. The molecule has 5 N–H and O–H groups in total. The number of hydrogen-bond donors (Lipinski definition) is 4. The number of hydrogen-bond acceptors (Lipinski definition) is 10. The number of benzene rings is 1. The predicted octanol–water partition coefficient (Wildman–Crippen LogP) is 3.01. The summed E-state index contributed by atoms with van der Waals surface area (Å²) in [5.74, 6) is 2.09. The summed E-state index contributed by atoms with van der Waals surface area (Å²) in [5.41, 5.74) is 7.64. The molecule has 13 nitrogen and oxygen atoms in total. The molecule has 0 radical (unpaired) electrons. The second-order valence-electron chi connectivity index (χ2n) is 12.5. The molecule has 6 rings (SSSR count). The van der Waals surface area contributed by atoms with Crippen molar-refractivity contribution in [1.29, 1.82) is 0 Å². The maximum absolute atomic E-state index is 13.1. The Hall–Kier alpha value is -3.52. The zero-order chi connectivity index (χ0) is 32.2. The lowest BCUT2D eigenvalue weighted by atomic mass is 9.80. The first-order chi connectivity index (χ1) is 22.3. The summed E-state index contributed by atoms with van der Waals surface area (Å²) in [5, 5.41) is 17.0. The highest BCUT2D eigenvalue weighted by Gasteiger charge is 2.46. The summed E-state index contributed by atoms with van der Waals surface area (Å²) >= 11 is 6.34. The van der Waals surface area contributed by atoms with Crippen molar-refractivity contribution in [1.82, 2.24) is 29.7 Å². The second kappa shape index (κ2) is 14.5. The van der Waals surface area contributed by atoms with Gasteiger partial charge in [0.2, 0.25) is 0 Å². The Bertz CT molecular complexity index is 1520. The van der Waals surface area contributed by atoms with Gasteiger partial charge in [-0.2, -0.15) is 0 Å². The van der Waals surface area contributed by atoms with Crippen LogP contribution in [0.1, 0.15) is 63.2 Å². The molecule has 46 heavy (non-hydrogen) atoms. The molecular formula is C32H43ClN8O5. The van der Waals surface area contributed by atoms with Crippen molar-refractivity contribution in [2.24, 2.45) is 17.6 Å². The van der Waals surface area contributed by atoms with Crippen LogP contribution in [0.2, 0.25) is 5.02 Å². The van der Waals surface area contributed by atoms with Gasteiger partial charge in [0, 0.05) is 37.3 Å². The smallest absolute Gasteiger partial charge is 0.260 e. The molecule has 1 aromatic carbocycles.